The van der Waals surface area contributed by atoms with Crippen LogP contribution in [0.4, 0.5) is 4.79 Å². The van der Waals surface area contributed by atoms with Gasteiger partial charge >= 0.3 is 12.1 Å². The zero-order valence-electron chi connectivity index (χ0n) is 16.2. The highest BCUT2D eigenvalue weighted by Gasteiger charge is 2.28. The number of hydrogen-bond donors (Lipinski definition) is 1. The Balaban J connectivity index is 1.54. The van der Waals surface area contributed by atoms with Gasteiger partial charge in [-0.25, -0.2) is 19.1 Å². The van der Waals surface area contributed by atoms with E-state index in [0.717, 1.165) is 12.8 Å². The van der Waals surface area contributed by atoms with E-state index < -0.39 is 17.7 Å². The van der Waals surface area contributed by atoms with Gasteiger partial charge in [0, 0.05) is 18.4 Å². The SMILES string of the molecule is Cc1nn2cccnc2c1C(=O)OC1CCC(NC(=O)OC(C)(C)C)CC1. The molecule has 8 heteroatoms. The molecule has 0 aromatic carbocycles. The Kier molecular flexibility index (Phi) is 5.34. The van der Waals surface area contributed by atoms with Crippen molar-refractivity contribution < 1.29 is 19.1 Å². The van der Waals surface area contributed by atoms with E-state index in [9.17, 15) is 9.59 Å². The van der Waals surface area contributed by atoms with E-state index in [1.807, 2.05) is 20.8 Å². The molecule has 146 valence electrons. The Morgan fingerprint density at radius 2 is 1.93 bits per heavy atom. The van der Waals surface area contributed by atoms with Gasteiger partial charge in [-0.3, -0.25) is 0 Å². The first-order valence-electron chi connectivity index (χ1n) is 9.23. The molecule has 1 saturated carbocycles. The van der Waals surface area contributed by atoms with Crippen LogP contribution in [-0.4, -0.2) is 44.4 Å². The monoisotopic (exact) mass is 374 g/mol. The van der Waals surface area contributed by atoms with E-state index in [4.69, 9.17) is 9.47 Å². The van der Waals surface area contributed by atoms with Crippen LogP contribution in [0.25, 0.3) is 5.65 Å². The van der Waals surface area contributed by atoms with Crippen LogP contribution in [0.1, 0.15) is 62.5 Å². The number of carbonyl (C=O) groups excluding carboxylic acids is 2. The number of amides is 1. The van der Waals surface area contributed by atoms with Crippen molar-refractivity contribution in [2.24, 2.45) is 0 Å². The highest BCUT2D eigenvalue weighted by Crippen LogP contribution is 2.24. The number of esters is 1. The van der Waals surface area contributed by atoms with Crippen LogP contribution in [0.5, 0.6) is 0 Å². The Morgan fingerprint density at radius 1 is 1.22 bits per heavy atom. The van der Waals surface area contributed by atoms with Crippen molar-refractivity contribution in [1.82, 2.24) is 19.9 Å². The summed E-state index contributed by atoms with van der Waals surface area (Å²) in [5, 5.41) is 7.18. The molecule has 0 spiro atoms. The number of nitrogens with zero attached hydrogens (tertiary/aromatic N) is 3. The molecule has 1 aliphatic carbocycles. The van der Waals surface area contributed by atoms with Crippen molar-refractivity contribution in [1.29, 1.82) is 0 Å². The topological polar surface area (TPSA) is 94.8 Å². The van der Waals surface area contributed by atoms with Crippen molar-refractivity contribution in [3.05, 3.63) is 29.7 Å². The van der Waals surface area contributed by atoms with E-state index in [-0.39, 0.29) is 12.1 Å². The summed E-state index contributed by atoms with van der Waals surface area (Å²) in [6, 6.07) is 1.79. The van der Waals surface area contributed by atoms with E-state index in [0.29, 0.717) is 29.7 Å². The number of carbonyl (C=O) groups is 2. The highest BCUT2D eigenvalue weighted by molar-refractivity contribution is 5.97. The van der Waals surface area contributed by atoms with Crippen LogP contribution < -0.4 is 5.32 Å². The molecule has 27 heavy (non-hydrogen) atoms. The van der Waals surface area contributed by atoms with Crippen LogP contribution in [0.2, 0.25) is 0 Å². The summed E-state index contributed by atoms with van der Waals surface area (Å²) in [5.41, 5.74) is 0.987. The number of ether oxygens (including phenoxy) is 2. The Bertz CT molecular complexity index is 832. The number of nitrogens with one attached hydrogen (secondary N) is 1. The molecule has 0 unspecified atom stereocenters. The molecule has 2 aromatic rings. The van der Waals surface area contributed by atoms with Gasteiger partial charge in [0.1, 0.15) is 17.3 Å². The number of fused-ring (bicyclic) bond motifs is 1. The van der Waals surface area contributed by atoms with Gasteiger partial charge in [0.05, 0.1) is 5.69 Å². The summed E-state index contributed by atoms with van der Waals surface area (Å²) in [5.74, 6) is -0.398. The number of hydrogen-bond acceptors (Lipinski definition) is 6. The molecular weight excluding hydrogens is 348 g/mol. The minimum absolute atomic E-state index is 0.0372. The molecule has 0 radical (unpaired) electrons. The minimum Gasteiger partial charge on any atom is -0.459 e. The molecular formula is C19H26N4O4. The molecule has 0 bridgehead atoms. The summed E-state index contributed by atoms with van der Waals surface area (Å²) in [6.07, 6.45) is 5.66. The molecule has 2 heterocycles. The molecule has 1 N–H and O–H groups in total. The van der Waals surface area contributed by atoms with Crippen molar-refractivity contribution in [3.8, 4) is 0 Å². The van der Waals surface area contributed by atoms with Gasteiger partial charge in [-0.1, -0.05) is 0 Å². The van der Waals surface area contributed by atoms with E-state index in [1.54, 1.807) is 29.9 Å². The van der Waals surface area contributed by atoms with E-state index in [2.05, 4.69) is 15.4 Å². The first kappa shape index (κ1) is 19.1. The van der Waals surface area contributed by atoms with E-state index in [1.165, 1.54) is 0 Å². The Labute approximate surface area is 158 Å². The second-order valence-corrected chi connectivity index (χ2v) is 7.87. The van der Waals surface area contributed by atoms with Gasteiger partial charge in [-0.2, -0.15) is 5.10 Å². The summed E-state index contributed by atoms with van der Waals surface area (Å²) >= 11 is 0. The standard InChI is InChI=1S/C19H26N4O4/c1-12-15(16-20-10-5-11-23(16)22-12)17(24)26-14-8-6-13(7-9-14)21-18(25)27-19(2,3)4/h5,10-11,13-14H,6-9H2,1-4H3,(H,21,25). The lowest BCUT2D eigenvalue weighted by Gasteiger charge is -2.29. The fraction of sp³-hybridized carbons (Fsp3) is 0.579. The maximum Gasteiger partial charge on any atom is 0.407 e. The summed E-state index contributed by atoms with van der Waals surface area (Å²) < 4.78 is 12.5. The number of aromatic nitrogens is 3. The predicted octanol–water partition coefficient (Wildman–Crippen LogP) is 3.03. The van der Waals surface area contributed by atoms with Crippen molar-refractivity contribution in [2.45, 2.75) is 71.1 Å². The van der Waals surface area contributed by atoms with Crippen LogP contribution in [0, 0.1) is 6.92 Å². The van der Waals surface area contributed by atoms with Gasteiger partial charge in [-0.05, 0) is 59.4 Å². The summed E-state index contributed by atoms with van der Waals surface area (Å²) in [4.78, 5) is 28.7. The second-order valence-electron chi connectivity index (χ2n) is 7.87. The summed E-state index contributed by atoms with van der Waals surface area (Å²) in [6.45, 7) is 7.27. The van der Waals surface area contributed by atoms with Crippen LogP contribution in [0.15, 0.2) is 18.5 Å². The zero-order valence-corrected chi connectivity index (χ0v) is 16.2. The maximum atomic E-state index is 12.6. The average molecular weight is 374 g/mol. The van der Waals surface area contributed by atoms with Gasteiger partial charge in [0.25, 0.3) is 0 Å². The highest BCUT2D eigenvalue weighted by atomic mass is 16.6. The molecule has 0 atom stereocenters. The predicted molar refractivity (Wildman–Crippen MR) is 98.6 cm³/mol. The fourth-order valence-electron chi connectivity index (χ4n) is 3.25. The normalized spacial score (nSPS) is 20.3. The lowest BCUT2D eigenvalue weighted by molar-refractivity contribution is 0.0163. The molecule has 8 nitrogen and oxygen atoms in total. The lowest BCUT2D eigenvalue weighted by atomic mass is 9.93. The molecule has 1 aliphatic rings. The second kappa shape index (κ2) is 7.54. The number of alkyl carbamates (subject to hydrolysis) is 1. The molecule has 2 aromatic heterocycles. The third-order valence-corrected chi connectivity index (χ3v) is 4.44. The lowest BCUT2D eigenvalue weighted by Crippen LogP contribution is -2.42. The van der Waals surface area contributed by atoms with Crippen LogP contribution >= 0.6 is 0 Å². The van der Waals surface area contributed by atoms with Gasteiger partial charge in [0.15, 0.2) is 5.65 Å². The zero-order chi connectivity index (χ0) is 19.6. The Morgan fingerprint density at radius 3 is 2.59 bits per heavy atom. The smallest absolute Gasteiger partial charge is 0.407 e. The molecule has 3 rings (SSSR count). The van der Waals surface area contributed by atoms with Crippen molar-refractivity contribution in [3.63, 3.8) is 0 Å². The van der Waals surface area contributed by atoms with Crippen molar-refractivity contribution >= 4 is 17.7 Å². The summed E-state index contributed by atoms with van der Waals surface area (Å²) in [7, 11) is 0. The van der Waals surface area contributed by atoms with E-state index >= 15 is 0 Å². The van der Waals surface area contributed by atoms with Crippen LogP contribution in [-0.2, 0) is 9.47 Å². The van der Waals surface area contributed by atoms with Crippen molar-refractivity contribution in [2.75, 3.05) is 0 Å². The van der Waals surface area contributed by atoms with Gasteiger partial charge in [-0.15, -0.1) is 0 Å². The largest absolute Gasteiger partial charge is 0.459 e. The minimum atomic E-state index is -0.517. The molecule has 1 amide bonds. The molecule has 0 saturated heterocycles. The first-order chi connectivity index (χ1) is 12.7. The molecule has 1 fully saturated rings. The molecule has 0 aliphatic heterocycles. The third-order valence-electron chi connectivity index (χ3n) is 4.44. The van der Waals surface area contributed by atoms with Gasteiger partial charge < -0.3 is 14.8 Å². The quantitative estimate of drug-likeness (QED) is 0.830. The fourth-order valence-corrected chi connectivity index (χ4v) is 3.25. The maximum absolute atomic E-state index is 12.6. The third kappa shape index (κ3) is 4.75. The van der Waals surface area contributed by atoms with Gasteiger partial charge in [0.2, 0.25) is 0 Å². The first-order valence-corrected chi connectivity index (χ1v) is 9.23. The average Bonchev–Trinajstić information content (AvgIpc) is 2.90. The number of rotatable bonds is 3. The number of aryl methyl sites for hydroxylation is 1. The Hall–Kier alpha value is -2.64. The van der Waals surface area contributed by atoms with Crippen LogP contribution in [0.3, 0.4) is 0 Å².